The van der Waals surface area contributed by atoms with Gasteiger partial charge in [-0.15, -0.1) is 0 Å². The van der Waals surface area contributed by atoms with E-state index in [-0.39, 0.29) is 28.4 Å². The first-order valence-electron chi connectivity index (χ1n) is 9.01. The molecule has 9 nitrogen and oxygen atoms in total. The Bertz CT molecular complexity index is 1230. The monoisotopic (exact) mass is 418 g/mol. The number of nitrogens with one attached hydrogen (secondary N) is 2. The number of aryl methyl sites for hydroxylation is 1. The number of fused-ring (bicyclic) bond motifs is 1. The molecule has 0 bridgehead atoms. The molecule has 0 aliphatic heterocycles. The van der Waals surface area contributed by atoms with Gasteiger partial charge in [0, 0.05) is 19.8 Å². The van der Waals surface area contributed by atoms with Crippen molar-refractivity contribution in [1.29, 1.82) is 0 Å². The van der Waals surface area contributed by atoms with Crippen LogP contribution in [-0.4, -0.2) is 40.7 Å². The second kappa shape index (κ2) is 8.27. The fourth-order valence-electron chi connectivity index (χ4n) is 3.13. The molecular weight excluding hydrogens is 396 g/mol. The second-order valence-electron chi connectivity index (χ2n) is 6.90. The summed E-state index contributed by atoms with van der Waals surface area (Å²) in [5.74, 6) is -0.233. The molecule has 0 aliphatic rings. The summed E-state index contributed by atoms with van der Waals surface area (Å²) >= 11 is 0. The second-order valence-corrected chi connectivity index (χ2v) is 8.67. The summed E-state index contributed by atoms with van der Waals surface area (Å²) in [6.07, 6.45) is 0.881. The van der Waals surface area contributed by atoms with Crippen LogP contribution >= 0.6 is 0 Å². The molecule has 3 N–H and O–H groups in total. The molecule has 29 heavy (non-hydrogen) atoms. The number of aromatic nitrogens is 3. The van der Waals surface area contributed by atoms with E-state index in [0.717, 1.165) is 16.3 Å². The number of benzene rings is 1. The molecule has 0 saturated heterocycles. The van der Waals surface area contributed by atoms with Crippen molar-refractivity contribution in [3.05, 3.63) is 69.0 Å². The van der Waals surface area contributed by atoms with Crippen LogP contribution in [0.4, 0.5) is 0 Å². The average Bonchev–Trinajstić information content (AvgIpc) is 2.69. The van der Waals surface area contributed by atoms with E-state index in [1.807, 2.05) is 30.3 Å². The molecule has 3 aromatic rings. The van der Waals surface area contributed by atoms with Crippen LogP contribution in [0.1, 0.15) is 24.8 Å². The minimum Gasteiger partial charge on any atom is -0.393 e. The first-order chi connectivity index (χ1) is 13.7. The van der Waals surface area contributed by atoms with Crippen LogP contribution in [-0.2, 0) is 17.1 Å². The molecule has 0 unspecified atom stereocenters. The van der Waals surface area contributed by atoms with Gasteiger partial charge in [0.15, 0.2) is 0 Å². The molecule has 10 heteroatoms. The molecule has 0 aliphatic carbocycles. The number of aliphatic hydroxyl groups excluding tert-OH is 1. The number of hydrogen-bond acceptors (Lipinski definition) is 6. The number of aromatic amines is 1. The molecular formula is C19H22N4O5S. The molecule has 0 amide bonds. The standard InChI is InChI=1S/C19H22N4O5S/c1-12(24)8-14(13-6-4-3-5-7-13)10-21-29(27,28)15-9-16-17(20-11-15)23(2)19(26)22-18(16)25/h3-7,9,11-12,14,21,24H,8,10H2,1-2H3,(H,22,25,26)/t12-,14-/m1/s1. The summed E-state index contributed by atoms with van der Waals surface area (Å²) in [5, 5.41) is 9.77. The summed E-state index contributed by atoms with van der Waals surface area (Å²) in [4.78, 5) is 29.6. The average molecular weight is 418 g/mol. The molecule has 0 spiro atoms. The highest BCUT2D eigenvalue weighted by Gasteiger charge is 2.21. The van der Waals surface area contributed by atoms with E-state index in [4.69, 9.17) is 0 Å². The third-order valence-electron chi connectivity index (χ3n) is 4.66. The van der Waals surface area contributed by atoms with Crippen molar-refractivity contribution >= 4 is 21.1 Å². The first-order valence-corrected chi connectivity index (χ1v) is 10.5. The summed E-state index contributed by atoms with van der Waals surface area (Å²) in [5.41, 5.74) is -0.343. The number of nitrogens with zero attached hydrogens (tertiary/aromatic N) is 2. The van der Waals surface area contributed by atoms with Gasteiger partial charge in [0.25, 0.3) is 5.56 Å². The molecule has 0 saturated carbocycles. The Morgan fingerprint density at radius 1 is 1.24 bits per heavy atom. The van der Waals surface area contributed by atoms with Crippen molar-refractivity contribution in [1.82, 2.24) is 19.3 Å². The van der Waals surface area contributed by atoms with Crippen LogP contribution < -0.4 is 16.0 Å². The fraction of sp³-hybridized carbons (Fsp3) is 0.316. The van der Waals surface area contributed by atoms with Gasteiger partial charge in [-0.3, -0.25) is 14.3 Å². The predicted octanol–water partition coefficient (Wildman–Crippen LogP) is 0.455. The normalized spacial score (nSPS) is 14.0. The Morgan fingerprint density at radius 2 is 1.93 bits per heavy atom. The summed E-state index contributed by atoms with van der Waals surface area (Å²) in [6.45, 7) is 1.72. The Labute approximate surface area is 167 Å². The van der Waals surface area contributed by atoms with Crippen LogP contribution in [0.3, 0.4) is 0 Å². The number of rotatable bonds is 7. The summed E-state index contributed by atoms with van der Waals surface area (Å²) in [7, 11) is -2.53. The fourth-order valence-corrected chi connectivity index (χ4v) is 4.18. The smallest absolute Gasteiger partial charge is 0.329 e. The third-order valence-corrected chi connectivity index (χ3v) is 6.05. The topological polar surface area (TPSA) is 134 Å². The van der Waals surface area contributed by atoms with E-state index in [1.54, 1.807) is 6.92 Å². The molecule has 1 aromatic carbocycles. The highest BCUT2D eigenvalue weighted by atomic mass is 32.2. The lowest BCUT2D eigenvalue weighted by Gasteiger charge is -2.19. The summed E-state index contributed by atoms with van der Waals surface area (Å²) in [6, 6.07) is 10.5. The zero-order valence-electron chi connectivity index (χ0n) is 16.0. The quantitative estimate of drug-likeness (QED) is 0.510. The number of pyridine rings is 1. The van der Waals surface area contributed by atoms with E-state index in [9.17, 15) is 23.1 Å². The van der Waals surface area contributed by atoms with Crippen molar-refractivity contribution in [3.63, 3.8) is 0 Å². The van der Waals surface area contributed by atoms with Gasteiger partial charge in [0.05, 0.1) is 11.5 Å². The van der Waals surface area contributed by atoms with Gasteiger partial charge in [-0.05, 0) is 30.9 Å². The number of aliphatic hydroxyl groups is 1. The van der Waals surface area contributed by atoms with Crippen molar-refractivity contribution < 1.29 is 13.5 Å². The van der Waals surface area contributed by atoms with Crippen molar-refractivity contribution in [2.75, 3.05) is 6.54 Å². The molecule has 3 rings (SSSR count). The van der Waals surface area contributed by atoms with Crippen molar-refractivity contribution in [2.24, 2.45) is 7.05 Å². The van der Waals surface area contributed by atoms with Crippen molar-refractivity contribution in [3.8, 4) is 0 Å². The molecule has 0 fully saturated rings. The molecule has 2 heterocycles. The Kier molecular flexibility index (Phi) is 5.96. The maximum Gasteiger partial charge on any atom is 0.329 e. The zero-order chi connectivity index (χ0) is 21.2. The van der Waals surface area contributed by atoms with Crippen LogP contribution in [0.5, 0.6) is 0 Å². The molecule has 0 radical (unpaired) electrons. The van der Waals surface area contributed by atoms with Crippen LogP contribution in [0.15, 0.2) is 57.1 Å². The van der Waals surface area contributed by atoms with E-state index < -0.39 is 27.4 Å². The SMILES string of the molecule is C[C@@H](O)C[C@H](CNS(=O)(=O)c1cnc2c(c1)c(=O)[nH]c(=O)n2C)c1ccccc1. The van der Waals surface area contributed by atoms with Crippen LogP contribution in [0, 0.1) is 0 Å². The highest BCUT2D eigenvalue weighted by Crippen LogP contribution is 2.21. The minimum absolute atomic E-state index is 0.00133. The van der Waals surface area contributed by atoms with E-state index in [0.29, 0.717) is 6.42 Å². The summed E-state index contributed by atoms with van der Waals surface area (Å²) < 4.78 is 29.2. The zero-order valence-corrected chi connectivity index (χ0v) is 16.8. The first kappa shape index (κ1) is 20.9. The van der Waals surface area contributed by atoms with Gasteiger partial charge in [-0.25, -0.2) is 22.9 Å². The predicted molar refractivity (Wildman–Crippen MR) is 108 cm³/mol. The Hall–Kier alpha value is -2.82. The molecule has 2 atom stereocenters. The van der Waals surface area contributed by atoms with Gasteiger partial charge < -0.3 is 5.11 Å². The van der Waals surface area contributed by atoms with Gasteiger partial charge >= 0.3 is 5.69 Å². The lowest BCUT2D eigenvalue weighted by molar-refractivity contribution is 0.174. The largest absolute Gasteiger partial charge is 0.393 e. The maximum atomic E-state index is 12.8. The van der Waals surface area contributed by atoms with E-state index in [1.165, 1.54) is 13.1 Å². The van der Waals surface area contributed by atoms with Gasteiger partial charge in [0.2, 0.25) is 10.0 Å². The lowest BCUT2D eigenvalue weighted by Crippen LogP contribution is -2.31. The number of hydrogen-bond donors (Lipinski definition) is 3. The van der Waals surface area contributed by atoms with E-state index >= 15 is 0 Å². The Morgan fingerprint density at radius 3 is 2.59 bits per heavy atom. The van der Waals surface area contributed by atoms with Crippen molar-refractivity contribution in [2.45, 2.75) is 30.3 Å². The van der Waals surface area contributed by atoms with Crippen LogP contribution in [0.2, 0.25) is 0 Å². The van der Waals surface area contributed by atoms with E-state index in [2.05, 4.69) is 14.7 Å². The highest BCUT2D eigenvalue weighted by molar-refractivity contribution is 7.89. The molecule has 2 aromatic heterocycles. The van der Waals surface area contributed by atoms with Gasteiger partial charge in [-0.2, -0.15) is 0 Å². The number of sulfonamides is 1. The minimum atomic E-state index is -3.96. The Balaban J connectivity index is 1.90. The number of H-pyrrole nitrogens is 1. The maximum absolute atomic E-state index is 12.8. The third kappa shape index (κ3) is 4.61. The molecule has 154 valence electrons. The van der Waals surface area contributed by atoms with Gasteiger partial charge in [-0.1, -0.05) is 30.3 Å². The van der Waals surface area contributed by atoms with Gasteiger partial charge in [0.1, 0.15) is 10.5 Å². The van der Waals surface area contributed by atoms with Crippen LogP contribution in [0.25, 0.3) is 11.0 Å². The lowest BCUT2D eigenvalue weighted by atomic mass is 9.94.